The highest BCUT2D eigenvalue weighted by Gasteiger charge is 2.45. The van der Waals surface area contributed by atoms with E-state index in [1.165, 1.54) is 16.4 Å². The minimum atomic E-state index is -3.67. The first-order valence-electron chi connectivity index (χ1n) is 8.67. The van der Waals surface area contributed by atoms with Gasteiger partial charge in [0.2, 0.25) is 10.0 Å². The van der Waals surface area contributed by atoms with Crippen LogP contribution in [-0.4, -0.2) is 60.4 Å². The van der Waals surface area contributed by atoms with Crippen molar-refractivity contribution in [3.8, 4) is 0 Å². The Kier molecular flexibility index (Phi) is 5.27. The van der Waals surface area contributed by atoms with Crippen LogP contribution in [0.1, 0.15) is 33.1 Å². The van der Waals surface area contributed by atoms with E-state index in [1.807, 2.05) is 11.8 Å². The van der Waals surface area contributed by atoms with Crippen LogP contribution in [0.15, 0.2) is 29.2 Å². The van der Waals surface area contributed by atoms with Crippen molar-refractivity contribution in [2.45, 2.75) is 50.2 Å². The van der Waals surface area contributed by atoms with Gasteiger partial charge in [-0.05, 0) is 57.4 Å². The zero-order chi connectivity index (χ0) is 18.2. The van der Waals surface area contributed by atoms with Gasteiger partial charge in [0, 0.05) is 30.7 Å². The number of nitrogens with zero attached hydrogens (tertiary/aromatic N) is 3. The normalized spacial score (nSPS) is 25.4. The molecule has 0 N–H and O–H groups in total. The first kappa shape index (κ1) is 18.5. The molecule has 2 heterocycles. The first-order valence-corrected chi connectivity index (χ1v) is 10.5. The lowest BCUT2D eigenvalue weighted by Gasteiger charge is -2.35. The molecule has 3 rings (SSSR count). The SMILES string of the molecule is CC1CN(S(=O)(=O)c2ccc(Cl)cc2)C(C)N1C(=O)N1CCCCC1. The van der Waals surface area contributed by atoms with Gasteiger partial charge < -0.3 is 9.80 Å². The molecular formula is C17H24ClN3O3S. The van der Waals surface area contributed by atoms with Crippen LogP contribution in [0, 0.1) is 0 Å². The minimum Gasteiger partial charge on any atom is -0.325 e. The molecule has 2 unspecified atom stereocenters. The van der Waals surface area contributed by atoms with E-state index in [0.717, 1.165) is 32.4 Å². The van der Waals surface area contributed by atoms with E-state index in [1.54, 1.807) is 24.0 Å². The molecular weight excluding hydrogens is 362 g/mol. The molecule has 1 aromatic carbocycles. The highest BCUT2D eigenvalue weighted by Crippen LogP contribution is 2.29. The smallest absolute Gasteiger partial charge is 0.321 e. The molecule has 0 radical (unpaired) electrons. The summed E-state index contributed by atoms with van der Waals surface area (Å²) in [5.41, 5.74) is 0. The summed E-state index contributed by atoms with van der Waals surface area (Å²) in [6, 6.07) is 5.92. The monoisotopic (exact) mass is 385 g/mol. The topological polar surface area (TPSA) is 60.9 Å². The predicted molar refractivity (Wildman–Crippen MR) is 96.9 cm³/mol. The molecule has 2 amide bonds. The van der Waals surface area contributed by atoms with Gasteiger partial charge >= 0.3 is 6.03 Å². The Hall–Kier alpha value is -1.31. The van der Waals surface area contributed by atoms with Gasteiger partial charge in [0.15, 0.2) is 0 Å². The summed E-state index contributed by atoms with van der Waals surface area (Å²) >= 11 is 5.86. The Labute approximate surface area is 154 Å². The zero-order valence-electron chi connectivity index (χ0n) is 14.6. The van der Waals surface area contributed by atoms with E-state index in [0.29, 0.717) is 11.6 Å². The molecule has 2 aliphatic rings. The van der Waals surface area contributed by atoms with Crippen molar-refractivity contribution in [2.24, 2.45) is 0 Å². The maximum atomic E-state index is 13.0. The van der Waals surface area contributed by atoms with Crippen LogP contribution in [-0.2, 0) is 10.0 Å². The van der Waals surface area contributed by atoms with Crippen molar-refractivity contribution in [1.82, 2.24) is 14.1 Å². The second kappa shape index (κ2) is 7.13. The fraction of sp³-hybridized carbons (Fsp3) is 0.588. The number of likely N-dealkylation sites (tertiary alicyclic amines) is 1. The summed E-state index contributed by atoms with van der Waals surface area (Å²) in [6.07, 6.45) is 2.65. The van der Waals surface area contributed by atoms with Crippen molar-refractivity contribution in [3.05, 3.63) is 29.3 Å². The van der Waals surface area contributed by atoms with E-state index in [4.69, 9.17) is 11.6 Å². The molecule has 0 saturated carbocycles. The second-order valence-electron chi connectivity index (χ2n) is 6.75. The average molecular weight is 386 g/mol. The predicted octanol–water partition coefficient (Wildman–Crippen LogP) is 2.99. The summed E-state index contributed by atoms with van der Waals surface area (Å²) in [5, 5.41) is 0.490. The largest absolute Gasteiger partial charge is 0.325 e. The number of halogens is 1. The van der Waals surface area contributed by atoms with Gasteiger partial charge in [-0.2, -0.15) is 4.31 Å². The van der Waals surface area contributed by atoms with Crippen LogP contribution in [0.4, 0.5) is 4.79 Å². The van der Waals surface area contributed by atoms with Crippen LogP contribution >= 0.6 is 11.6 Å². The second-order valence-corrected chi connectivity index (χ2v) is 9.07. The van der Waals surface area contributed by atoms with Crippen molar-refractivity contribution in [3.63, 3.8) is 0 Å². The number of hydrogen-bond donors (Lipinski definition) is 0. The molecule has 0 aromatic heterocycles. The number of amides is 2. The van der Waals surface area contributed by atoms with Gasteiger partial charge in [-0.3, -0.25) is 0 Å². The van der Waals surface area contributed by atoms with Crippen LogP contribution in [0.2, 0.25) is 5.02 Å². The standard InChI is InChI=1S/C17H24ClN3O3S/c1-13-12-20(25(23,24)16-8-6-15(18)7-9-16)14(2)21(13)17(22)19-10-4-3-5-11-19/h6-9,13-14H,3-5,10-12H2,1-2H3. The highest BCUT2D eigenvalue weighted by atomic mass is 35.5. The van der Waals surface area contributed by atoms with E-state index >= 15 is 0 Å². The van der Waals surface area contributed by atoms with Gasteiger partial charge in [0.1, 0.15) is 0 Å². The molecule has 2 fully saturated rings. The van der Waals surface area contributed by atoms with Gasteiger partial charge in [-0.25, -0.2) is 13.2 Å². The third kappa shape index (κ3) is 3.50. The van der Waals surface area contributed by atoms with Crippen LogP contribution in [0.5, 0.6) is 0 Å². The number of rotatable bonds is 2. The Morgan fingerprint density at radius 1 is 1.08 bits per heavy atom. The van der Waals surface area contributed by atoms with Crippen molar-refractivity contribution in [1.29, 1.82) is 0 Å². The quantitative estimate of drug-likeness (QED) is 0.786. The van der Waals surface area contributed by atoms with Crippen LogP contribution < -0.4 is 0 Å². The number of hydrogen-bond acceptors (Lipinski definition) is 3. The Morgan fingerprint density at radius 3 is 2.28 bits per heavy atom. The lowest BCUT2D eigenvalue weighted by atomic mass is 10.1. The van der Waals surface area contributed by atoms with Gasteiger partial charge in [0.25, 0.3) is 0 Å². The Morgan fingerprint density at radius 2 is 1.68 bits per heavy atom. The minimum absolute atomic E-state index is 0.0616. The third-order valence-electron chi connectivity index (χ3n) is 5.01. The van der Waals surface area contributed by atoms with E-state index in [2.05, 4.69) is 0 Å². The molecule has 138 valence electrons. The molecule has 2 atom stereocenters. The molecule has 8 heteroatoms. The highest BCUT2D eigenvalue weighted by molar-refractivity contribution is 7.89. The van der Waals surface area contributed by atoms with Gasteiger partial charge in [-0.1, -0.05) is 11.6 Å². The molecule has 1 aromatic rings. The van der Waals surface area contributed by atoms with E-state index in [9.17, 15) is 13.2 Å². The van der Waals surface area contributed by atoms with E-state index < -0.39 is 16.2 Å². The molecule has 6 nitrogen and oxygen atoms in total. The molecule has 0 spiro atoms. The Balaban J connectivity index is 1.82. The summed E-state index contributed by atoms with van der Waals surface area (Å²) in [5.74, 6) is 0. The van der Waals surface area contributed by atoms with Crippen molar-refractivity contribution < 1.29 is 13.2 Å². The summed E-state index contributed by atoms with van der Waals surface area (Å²) in [6.45, 7) is 5.47. The first-order chi connectivity index (χ1) is 11.8. The van der Waals surface area contributed by atoms with Gasteiger partial charge in [-0.15, -0.1) is 0 Å². The lowest BCUT2D eigenvalue weighted by Crippen LogP contribution is -2.51. The van der Waals surface area contributed by atoms with E-state index in [-0.39, 0.29) is 17.0 Å². The maximum absolute atomic E-state index is 13.0. The van der Waals surface area contributed by atoms with Crippen LogP contribution in [0.3, 0.4) is 0 Å². The maximum Gasteiger partial charge on any atom is 0.321 e. The van der Waals surface area contributed by atoms with Gasteiger partial charge in [0.05, 0.1) is 11.1 Å². The number of sulfonamides is 1. The number of carbonyl (C=O) groups is 1. The van der Waals surface area contributed by atoms with Crippen molar-refractivity contribution in [2.75, 3.05) is 19.6 Å². The number of piperidine rings is 1. The molecule has 2 saturated heterocycles. The van der Waals surface area contributed by atoms with Crippen LogP contribution in [0.25, 0.3) is 0 Å². The number of carbonyl (C=O) groups excluding carboxylic acids is 1. The fourth-order valence-corrected chi connectivity index (χ4v) is 5.44. The summed E-state index contributed by atoms with van der Waals surface area (Å²) < 4.78 is 27.4. The average Bonchev–Trinajstić information content (AvgIpc) is 2.90. The fourth-order valence-electron chi connectivity index (χ4n) is 3.65. The molecule has 0 aliphatic carbocycles. The molecule has 0 bridgehead atoms. The molecule has 25 heavy (non-hydrogen) atoms. The van der Waals surface area contributed by atoms with Crippen molar-refractivity contribution >= 4 is 27.7 Å². The third-order valence-corrected chi connectivity index (χ3v) is 7.20. The number of benzene rings is 1. The zero-order valence-corrected chi connectivity index (χ0v) is 16.1. The Bertz CT molecular complexity index is 732. The summed E-state index contributed by atoms with van der Waals surface area (Å²) in [4.78, 5) is 16.6. The summed E-state index contributed by atoms with van der Waals surface area (Å²) in [7, 11) is -3.67. The lowest BCUT2D eigenvalue weighted by molar-refractivity contribution is 0.121. The molecule has 2 aliphatic heterocycles. The number of urea groups is 1.